The number of furan rings is 1. The maximum absolute atomic E-state index is 5.94. The first-order valence-electron chi connectivity index (χ1n) is 8.28. The van der Waals surface area contributed by atoms with Crippen LogP contribution in [0.3, 0.4) is 0 Å². The van der Waals surface area contributed by atoms with Crippen LogP contribution in [-0.2, 0) is 7.05 Å². The highest BCUT2D eigenvalue weighted by Crippen LogP contribution is 2.31. The Morgan fingerprint density at radius 1 is 1.17 bits per heavy atom. The maximum atomic E-state index is 5.94. The summed E-state index contributed by atoms with van der Waals surface area (Å²) < 4.78 is 7.98. The molecule has 0 saturated carbocycles. The lowest BCUT2D eigenvalue weighted by atomic mass is 9.94. The number of hydrogen-bond donors (Lipinski definition) is 0. The zero-order valence-electron chi connectivity index (χ0n) is 13.9. The van der Waals surface area contributed by atoms with Gasteiger partial charge in [-0.25, -0.2) is 0 Å². The zero-order chi connectivity index (χ0) is 16.0. The fraction of sp³-hybridized carbons (Fsp3) is 0.444. The number of anilines is 1. The normalized spacial score (nSPS) is 22.0. The van der Waals surface area contributed by atoms with Gasteiger partial charge in [-0.05, 0) is 37.8 Å². The highest BCUT2D eigenvalue weighted by molar-refractivity contribution is 5.81. The Morgan fingerprint density at radius 2 is 2.00 bits per heavy atom. The van der Waals surface area contributed by atoms with Crippen molar-refractivity contribution in [3.63, 3.8) is 0 Å². The predicted octanol–water partition coefficient (Wildman–Crippen LogP) is 3.85. The largest absolute Gasteiger partial charge is 0.453 e. The lowest BCUT2D eigenvalue weighted by molar-refractivity contribution is 0.372. The van der Waals surface area contributed by atoms with Crippen LogP contribution in [0.25, 0.3) is 22.6 Å². The Hall–Kier alpha value is -2.30. The number of fused-ring (bicyclic) bond motifs is 1. The summed E-state index contributed by atoms with van der Waals surface area (Å²) in [5.41, 5.74) is 0.882. The minimum atomic E-state index is 0.491. The minimum absolute atomic E-state index is 0.491. The molecule has 2 atom stereocenters. The van der Waals surface area contributed by atoms with E-state index in [2.05, 4.69) is 28.9 Å². The topological polar surface area (TPSA) is 47.1 Å². The molecular formula is C18H22N4O. The van der Waals surface area contributed by atoms with Crippen molar-refractivity contribution in [3.05, 3.63) is 30.3 Å². The highest BCUT2D eigenvalue weighted by atomic mass is 16.3. The van der Waals surface area contributed by atoms with Gasteiger partial charge in [-0.1, -0.05) is 25.1 Å². The Kier molecular flexibility index (Phi) is 3.36. The fourth-order valence-electron chi connectivity index (χ4n) is 3.58. The third kappa shape index (κ3) is 2.40. The van der Waals surface area contributed by atoms with E-state index in [4.69, 9.17) is 4.42 Å². The smallest absolute Gasteiger partial charge is 0.227 e. The first-order chi connectivity index (χ1) is 11.1. The van der Waals surface area contributed by atoms with Gasteiger partial charge in [0.2, 0.25) is 11.8 Å². The quantitative estimate of drug-likeness (QED) is 0.721. The van der Waals surface area contributed by atoms with Gasteiger partial charge in [0.05, 0.1) is 0 Å². The first-order valence-corrected chi connectivity index (χ1v) is 8.28. The van der Waals surface area contributed by atoms with Gasteiger partial charge in [-0.3, -0.25) is 4.57 Å². The molecule has 0 bridgehead atoms. The van der Waals surface area contributed by atoms with Crippen molar-refractivity contribution in [2.45, 2.75) is 32.7 Å². The molecule has 5 nitrogen and oxygen atoms in total. The predicted molar refractivity (Wildman–Crippen MR) is 91.4 cm³/mol. The monoisotopic (exact) mass is 310 g/mol. The summed E-state index contributed by atoms with van der Waals surface area (Å²) in [6.45, 7) is 5.63. The molecule has 1 fully saturated rings. The number of aromatic nitrogens is 3. The van der Waals surface area contributed by atoms with Crippen LogP contribution in [0, 0.1) is 5.92 Å². The van der Waals surface area contributed by atoms with E-state index < -0.39 is 0 Å². The van der Waals surface area contributed by atoms with Crippen molar-refractivity contribution < 1.29 is 4.42 Å². The van der Waals surface area contributed by atoms with E-state index in [9.17, 15) is 0 Å². The molecule has 1 aliphatic rings. The number of piperidine rings is 1. The second-order valence-corrected chi connectivity index (χ2v) is 6.70. The van der Waals surface area contributed by atoms with E-state index in [1.807, 2.05) is 41.9 Å². The van der Waals surface area contributed by atoms with Crippen molar-refractivity contribution in [1.29, 1.82) is 0 Å². The molecule has 0 spiro atoms. The number of nitrogens with zero attached hydrogens (tertiary/aromatic N) is 4. The Balaban J connectivity index is 1.70. The summed E-state index contributed by atoms with van der Waals surface area (Å²) in [6, 6.07) is 10.5. The molecule has 3 aromatic rings. The summed E-state index contributed by atoms with van der Waals surface area (Å²) in [6.07, 6.45) is 2.41. The van der Waals surface area contributed by atoms with Crippen molar-refractivity contribution in [2.75, 3.05) is 11.4 Å². The molecule has 120 valence electrons. The molecule has 1 saturated heterocycles. The lowest BCUT2D eigenvalue weighted by Gasteiger charge is -2.36. The summed E-state index contributed by atoms with van der Waals surface area (Å²) >= 11 is 0. The molecule has 0 N–H and O–H groups in total. The number of benzene rings is 1. The Bertz CT molecular complexity index is 802. The van der Waals surface area contributed by atoms with Gasteiger partial charge in [-0.2, -0.15) is 0 Å². The standard InChI is InChI=1S/C18H22N4O/c1-12-8-9-22(13(2)10-12)18-20-19-17(21(18)3)16-11-14-6-4-5-7-15(14)23-16/h4-7,11-13H,8-10H2,1-3H3/t12-,13-/m1/s1. The maximum Gasteiger partial charge on any atom is 0.227 e. The van der Waals surface area contributed by atoms with Gasteiger partial charge in [-0.15, -0.1) is 10.2 Å². The van der Waals surface area contributed by atoms with E-state index >= 15 is 0 Å². The van der Waals surface area contributed by atoms with Gasteiger partial charge >= 0.3 is 0 Å². The number of rotatable bonds is 2. The number of para-hydroxylation sites is 1. The average Bonchev–Trinajstić information content (AvgIpc) is 3.11. The molecule has 0 aliphatic carbocycles. The Labute approximate surface area is 135 Å². The Morgan fingerprint density at radius 3 is 2.78 bits per heavy atom. The molecule has 23 heavy (non-hydrogen) atoms. The summed E-state index contributed by atoms with van der Waals surface area (Å²) in [4.78, 5) is 2.36. The molecule has 0 amide bonds. The van der Waals surface area contributed by atoms with E-state index in [1.54, 1.807) is 0 Å². The second kappa shape index (κ2) is 5.41. The van der Waals surface area contributed by atoms with Crippen molar-refractivity contribution in [2.24, 2.45) is 13.0 Å². The molecule has 1 aliphatic heterocycles. The van der Waals surface area contributed by atoms with Crippen LogP contribution in [0.1, 0.15) is 26.7 Å². The van der Waals surface area contributed by atoms with Crippen LogP contribution >= 0.6 is 0 Å². The minimum Gasteiger partial charge on any atom is -0.453 e. The lowest BCUT2D eigenvalue weighted by Crippen LogP contribution is -2.41. The van der Waals surface area contributed by atoms with Gasteiger partial charge in [0.15, 0.2) is 5.76 Å². The zero-order valence-corrected chi connectivity index (χ0v) is 13.9. The van der Waals surface area contributed by atoms with Crippen LogP contribution < -0.4 is 4.90 Å². The third-order valence-corrected chi connectivity index (χ3v) is 4.89. The van der Waals surface area contributed by atoms with Gasteiger partial charge in [0, 0.05) is 25.0 Å². The molecule has 2 aromatic heterocycles. The molecule has 5 heteroatoms. The van der Waals surface area contributed by atoms with Crippen LogP contribution in [0.2, 0.25) is 0 Å². The van der Waals surface area contributed by atoms with Gasteiger partial charge in [0.25, 0.3) is 0 Å². The van der Waals surface area contributed by atoms with E-state index in [-0.39, 0.29) is 0 Å². The van der Waals surface area contributed by atoms with E-state index in [0.29, 0.717) is 6.04 Å². The van der Waals surface area contributed by atoms with Gasteiger partial charge in [0.1, 0.15) is 5.58 Å². The first kappa shape index (κ1) is 14.3. The van der Waals surface area contributed by atoms with E-state index in [1.165, 1.54) is 12.8 Å². The number of hydrogen-bond acceptors (Lipinski definition) is 4. The van der Waals surface area contributed by atoms with Gasteiger partial charge < -0.3 is 9.32 Å². The summed E-state index contributed by atoms with van der Waals surface area (Å²) in [5, 5.41) is 9.92. The second-order valence-electron chi connectivity index (χ2n) is 6.70. The molecule has 0 radical (unpaired) electrons. The summed E-state index contributed by atoms with van der Waals surface area (Å²) in [5.74, 6) is 3.26. The third-order valence-electron chi connectivity index (χ3n) is 4.89. The van der Waals surface area contributed by atoms with Crippen LogP contribution in [-0.4, -0.2) is 27.4 Å². The summed E-state index contributed by atoms with van der Waals surface area (Å²) in [7, 11) is 2.02. The average molecular weight is 310 g/mol. The van der Waals surface area contributed by atoms with Crippen LogP contribution in [0.15, 0.2) is 34.7 Å². The SMILES string of the molecule is C[C@@H]1CCN(c2nnc(-c3cc4ccccc4o3)n2C)[C@H](C)C1. The van der Waals surface area contributed by atoms with Crippen molar-refractivity contribution in [1.82, 2.24) is 14.8 Å². The molecule has 0 unspecified atom stereocenters. The van der Waals surface area contributed by atoms with E-state index in [0.717, 1.165) is 41.0 Å². The molecular weight excluding hydrogens is 288 g/mol. The molecule has 3 heterocycles. The van der Waals surface area contributed by atoms with Crippen molar-refractivity contribution in [3.8, 4) is 11.6 Å². The van der Waals surface area contributed by atoms with Crippen LogP contribution in [0.4, 0.5) is 5.95 Å². The molecule has 1 aromatic carbocycles. The van der Waals surface area contributed by atoms with Crippen molar-refractivity contribution >= 4 is 16.9 Å². The molecule has 4 rings (SSSR count). The van der Waals surface area contributed by atoms with Crippen LogP contribution in [0.5, 0.6) is 0 Å². The fourth-order valence-corrected chi connectivity index (χ4v) is 3.58. The highest BCUT2D eigenvalue weighted by Gasteiger charge is 2.27.